The van der Waals surface area contributed by atoms with Crippen LogP contribution < -0.4 is 11.1 Å². The summed E-state index contributed by atoms with van der Waals surface area (Å²) in [5, 5.41) is 21.8. The van der Waals surface area contributed by atoms with Crippen molar-refractivity contribution in [1.82, 2.24) is 44.4 Å². The van der Waals surface area contributed by atoms with Crippen molar-refractivity contribution in [2.24, 2.45) is 0 Å². The van der Waals surface area contributed by atoms with Crippen LogP contribution in [0, 0.1) is 0 Å². The second-order valence-electron chi connectivity index (χ2n) is 11.1. The van der Waals surface area contributed by atoms with Crippen molar-refractivity contribution in [3.8, 4) is 34.3 Å². The Morgan fingerprint density at radius 3 is 2.55 bits per heavy atom. The highest BCUT2D eigenvalue weighted by atomic mass is 16.3. The number of amides is 1. The number of fused-ring (bicyclic) bond motifs is 2. The SMILES string of the molecule is Nc1ncccc1-c1nc2c(-n3cccn3)cc(-n3cccn3)nc2n1-c1ccc2c(c1)CC[C@@H]2NC(=O)c1ccc(O)c(C=O)c1. The molecule has 2 aromatic carbocycles. The number of carbonyl (C=O) groups excluding carboxylic acids is 2. The first-order valence-corrected chi connectivity index (χ1v) is 14.8. The minimum atomic E-state index is -0.327. The van der Waals surface area contributed by atoms with Gasteiger partial charge < -0.3 is 16.2 Å². The average Bonchev–Trinajstić information content (AvgIpc) is 3.92. The van der Waals surface area contributed by atoms with Gasteiger partial charge in [0.2, 0.25) is 0 Å². The van der Waals surface area contributed by atoms with E-state index >= 15 is 0 Å². The van der Waals surface area contributed by atoms with E-state index in [1.54, 1.807) is 28.0 Å². The monoisotopic (exact) mass is 622 g/mol. The summed E-state index contributed by atoms with van der Waals surface area (Å²) in [6, 6.07) is 19.3. The van der Waals surface area contributed by atoms with Gasteiger partial charge in [0, 0.05) is 48.3 Å². The van der Waals surface area contributed by atoms with Crippen LogP contribution in [0.15, 0.2) is 97.7 Å². The summed E-state index contributed by atoms with van der Waals surface area (Å²) >= 11 is 0. The second-order valence-corrected chi connectivity index (χ2v) is 11.1. The van der Waals surface area contributed by atoms with Crippen molar-refractivity contribution in [2.75, 3.05) is 5.73 Å². The van der Waals surface area contributed by atoms with Gasteiger partial charge in [0.25, 0.3) is 5.91 Å². The highest BCUT2D eigenvalue weighted by Gasteiger charge is 2.27. The van der Waals surface area contributed by atoms with Crippen molar-refractivity contribution in [3.63, 3.8) is 0 Å². The second kappa shape index (κ2) is 11.1. The molecule has 0 spiro atoms. The molecule has 8 rings (SSSR count). The fourth-order valence-electron chi connectivity index (χ4n) is 6.08. The maximum atomic E-state index is 13.1. The summed E-state index contributed by atoms with van der Waals surface area (Å²) in [6.45, 7) is 0. The summed E-state index contributed by atoms with van der Waals surface area (Å²) < 4.78 is 5.39. The summed E-state index contributed by atoms with van der Waals surface area (Å²) in [6.07, 6.45) is 10.6. The van der Waals surface area contributed by atoms with Crippen molar-refractivity contribution < 1.29 is 14.7 Å². The lowest BCUT2D eigenvalue weighted by molar-refractivity contribution is 0.0936. The van der Waals surface area contributed by atoms with Crippen LogP contribution in [0.4, 0.5) is 5.82 Å². The van der Waals surface area contributed by atoms with Gasteiger partial charge in [0.15, 0.2) is 23.6 Å². The molecule has 0 aliphatic heterocycles. The number of aromatic hydroxyl groups is 1. The third-order valence-electron chi connectivity index (χ3n) is 8.34. The molecule has 13 heteroatoms. The number of nitrogens with two attached hydrogens (primary N) is 1. The van der Waals surface area contributed by atoms with Crippen LogP contribution in [-0.2, 0) is 6.42 Å². The topological polar surface area (TPSA) is 172 Å². The molecule has 0 bridgehead atoms. The summed E-state index contributed by atoms with van der Waals surface area (Å²) in [5.41, 5.74) is 12.2. The van der Waals surface area contributed by atoms with Gasteiger partial charge in [-0.2, -0.15) is 10.2 Å². The molecular weight excluding hydrogens is 596 g/mol. The molecular formula is C34H26N10O3. The first-order valence-electron chi connectivity index (χ1n) is 14.8. The first kappa shape index (κ1) is 27.9. The van der Waals surface area contributed by atoms with Crippen LogP contribution >= 0.6 is 0 Å². The summed E-state index contributed by atoms with van der Waals surface area (Å²) in [5.74, 6) is 0.970. The quantitative estimate of drug-likeness (QED) is 0.218. The highest BCUT2D eigenvalue weighted by molar-refractivity contribution is 5.97. The predicted octanol–water partition coefficient (Wildman–Crippen LogP) is 4.37. The number of nitrogens with one attached hydrogen (secondary N) is 1. The van der Waals surface area contributed by atoms with Crippen molar-refractivity contribution in [2.45, 2.75) is 18.9 Å². The minimum absolute atomic E-state index is 0.0618. The number of anilines is 1. The zero-order chi connectivity index (χ0) is 32.1. The van der Waals surface area contributed by atoms with E-state index in [2.05, 4.69) is 26.6 Å². The van der Waals surface area contributed by atoms with E-state index in [-0.39, 0.29) is 23.3 Å². The average molecular weight is 623 g/mol. The number of phenolic OH excluding ortho intramolecular Hbond substituents is 1. The molecule has 1 aliphatic carbocycles. The van der Waals surface area contributed by atoms with Crippen molar-refractivity contribution in [1.29, 1.82) is 0 Å². The number of phenols is 1. The fourth-order valence-corrected chi connectivity index (χ4v) is 6.08. The molecule has 4 N–H and O–H groups in total. The molecule has 13 nitrogen and oxygen atoms in total. The number of hydrogen-bond donors (Lipinski definition) is 3. The maximum Gasteiger partial charge on any atom is 0.251 e. The van der Waals surface area contributed by atoms with E-state index in [4.69, 9.17) is 15.7 Å². The number of pyridine rings is 2. The van der Waals surface area contributed by atoms with E-state index in [1.165, 1.54) is 18.2 Å². The Labute approximate surface area is 267 Å². The lowest BCUT2D eigenvalue weighted by Gasteiger charge is -2.16. The number of rotatable bonds is 7. The highest BCUT2D eigenvalue weighted by Crippen LogP contribution is 2.37. The lowest BCUT2D eigenvalue weighted by atomic mass is 10.1. The molecule has 1 aliphatic rings. The van der Waals surface area contributed by atoms with Crippen LogP contribution in [0.1, 0.15) is 44.3 Å². The number of aldehydes is 1. The largest absolute Gasteiger partial charge is 0.507 e. The molecule has 1 amide bonds. The summed E-state index contributed by atoms with van der Waals surface area (Å²) in [7, 11) is 0. The molecule has 1 atom stereocenters. The van der Waals surface area contributed by atoms with Gasteiger partial charge in [-0.25, -0.2) is 24.3 Å². The zero-order valence-electron chi connectivity index (χ0n) is 24.7. The molecule has 0 fully saturated rings. The van der Waals surface area contributed by atoms with Gasteiger partial charge >= 0.3 is 0 Å². The third-order valence-corrected chi connectivity index (χ3v) is 8.34. The van der Waals surface area contributed by atoms with Gasteiger partial charge in [-0.05, 0) is 78.6 Å². The van der Waals surface area contributed by atoms with Gasteiger partial charge in [-0.3, -0.25) is 14.2 Å². The van der Waals surface area contributed by atoms with E-state index < -0.39 is 0 Å². The Hall–Kier alpha value is -6.63. The van der Waals surface area contributed by atoms with Gasteiger partial charge in [0.05, 0.1) is 22.9 Å². The Kier molecular flexibility index (Phi) is 6.57. The predicted molar refractivity (Wildman–Crippen MR) is 173 cm³/mol. The number of carbonyl (C=O) groups is 2. The number of hydrogen-bond acceptors (Lipinski definition) is 9. The lowest BCUT2D eigenvalue weighted by Crippen LogP contribution is -2.27. The van der Waals surface area contributed by atoms with E-state index in [0.29, 0.717) is 58.1 Å². The normalized spacial score (nSPS) is 13.9. The summed E-state index contributed by atoms with van der Waals surface area (Å²) in [4.78, 5) is 38.9. The number of nitrogen functional groups attached to an aromatic ring is 1. The zero-order valence-corrected chi connectivity index (χ0v) is 24.7. The van der Waals surface area contributed by atoms with Crippen molar-refractivity contribution in [3.05, 3.63) is 120 Å². The van der Waals surface area contributed by atoms with Crippen LogP contribution in [-0.4, -0.2) is 56.4 Å². The molecule has 0 saturated heterocycles. The molecule has 0 unspecified atom stereocenters. The van der Waals surface area contributed by atoms with Crippen molar-refractivity contribution >= 4 is 29.2 Å². The molecule has 5 aromatic heterocycles. The van der Waals surface area contributed by atoms with E-state index in [1.807, 2.05) is 59.4 Å². The Balaban J connectivity index is 1.26. The Bertz CT molecular complexity index is 2310. The third kappa shape index (κ3) is 4.77. The molecule has 230 valence electrons. The number of aryl methyl sites for hydroxylation is 1. The standard InChI is InChI=1S/C34H26N10O3/c35-31-25(4-1-11-36-31)32-41-30-27(42-14-2-12-37-42)18-29(43-15-3-13-38-43)40-33(30)44(32)23-7-8-24-20(17-23)5-9-26(24)39-34(47)21-6-10-28(46)22(16-21)19-45/h1-4,6-8,10-19,26,46H,5,9H2,(H2,35,36)(H,39,47)/t26-/m0/s1. The number of nitrogens with zero attached hydrogens (tertiary/aromatic N) is 8. The minimum Gasteiger partial charge on any atom is -0.507 e. The molecule has 5 heterocycles. The Morgan fingerprint density at radius 1 is 0.957 bits per heavy atom. The number of benzene rings is 2. The molecule has 7 aromatic rings. The van der Waals surface area contributed by atoms with Gasteiger partial charge in [-0.1, -0.05) is 6.07 Å². The fraction of sp³-hybridized carbons (Fsp3) is 0.0882. The van der Waals surface area contributed by atoms with E-state index in [0.717, 1.165) is 23.2 Å². The number of imidazole rings is 1. The molecule has 0 saturated carbocycles. The van der Waals surface area contributed by atoms with Gasteiger partial charge in [0.1, 0.15) is 17.1 Å². The van der Waals surface area contributed by atoms with Crippen LogP contribution in [0.2, 0.25) is 0 Å². The molecule has 47 heavy (non-hydrogen) atoms. The smallest absolute Gasteiger partial charge is 0.251 e. The van der Waals surface area contributed by atoms with Crippen LogP contribution in [0.25, 0.3) is 39.7 Å². The maximum absolute atomic E-state index is 13.1. The van der Waals surface area contributed by atoms with Gasteiger partial charge in [-0.15, -0.1) is 0 Å². The van der Waals surface area contributed by atoms with Crippen LogP contribution in [0.5, 0.6) is 5.75 Å². The molecule has 0 radical (unpaired) electrons. The Morgan fingerprint density at radius 2 is 1.79 bits per heavy atom. The first-order chi connectivity index (χ1) is 23.0. The number of aromatic nitrogens is 8. The van der Waals surface area contributed by atoms with E-state index in [9.17, 15) is 14.7 Å². The van der Waals surface area contributed by atoms with Crippen LogP contribution in [0.3, 0.4) is 0 Å².